The van der Waals surface area contributed by atoms with Crippen LogP contribution in [0.25, 0.3) is 0 Å². The molecule has 4 bridgehead atoms. The van der Waals surface area contributed by atoms with Crippen LogP contribution in [0.4, 0.5) is 0 Å². The zero-order chi connectivity index (χ0) is 14.3. The Hall–Kier alpha value is -2.62. The Kier molecular flexibility index (Phi) is 2.79. The number of fused-ring (bicyclic) bond motifs is 4. The highest BCUT2D eigenvalue weighted by atomic mass is 16.1. The fourth-order valence-electron chi connectivity index (χ4n) is 2.84. The molecule has 2 aromatic rings. The predicted molar refractivity (Wildman–Crippen MR) is 75.5 cm³/mol. The third-order valence-corrected chi connectivity index (χ3v) is 3.68. The van der Waals surface area contributed by atoms with Crippen molar-refractivity contribution in [1.82, 2.24) is 0 Å². The first-order valence-electron chi connectivity index (χ1n) is 6.38. The van der Waals surface area contributed by atoms with E-state index in [2.05, 4.69) is 6.07 Å². The average molecular weight is 266 g/mol. The molecule has 0 unspecified atom stereocenters. The topological polar surface area (TPSA) is 86.2 Å². The minimum atomic E-state index is -0.536. The minimum Gasteiger partial charge on any atom is -0.366 e. The van der Waals surface area contributed by atoms with E-state index in [1.807, 2.05) is 18.2 Å². The molecular formula is C16H14N2O2. The van der Waals surface area contributed by atoms with Gasteiger partial charge >= 0.3 is 0 Å². The van der Waals surface area contributed by atoms with Crippen LogP contribution in [0.15, 0.2) is 36.4 Å². The summed E-state index contributed by atoms with van der Waals surface area (Å²) in [6, 6.07) is 11.5. The summed E-state index contributed by atoms with van der Waals surface area (Å²) < 4.78 is 0. The zero-order valence-electron chi connectivity index (χ0n) is 10.8. The summed E-state index contributed by atoms with van der Waals surface area (Å²) >= 11 is 0. The molecule has 0 saturated carbocycles. The van der Waals surface area contributed by atoms with E-state index in [0.717, 1.165) is 16.7 Å². The maximum Gasteiger partial charge on any atom is 0.249 e. The molecule has 4 heteroatoms. The Morgan fingerprint density at radius 1 is 0.900 bits per heavy atom. The van der Waals surface area contributed by atoms with Gasteiger partial charge in [0, 0.05) is 11.1 Å². The molecule has 1 aliphatic rings. The molecule has 2 aromatic carbocycles. The van der Waals surface area contributed by atoms with Gasteiger partial charge in [-0.05, 0) is 41.2 Å². The van der Waals surface area contributed by atoms with Gasteiger partial charge in [0.2, 0.25) is 11.8 Å². The molecule has 0 fully saturated rings. The molecule has 0 saturated heterocycles. The number of amides is 2. The van der Waals surface area contributed by atoms with Gasteiger partial charge in [-0.25, -0.2) is 0 Å². The predicted octanol–water partition coefficient (Wildman–Crippen LogP) is 1.38. The summed E-state index contributed by atoms with van der Waals surface area (Å²) in [6.07, 6.45) is 1.11. The number of carbonyl (C=O) groups is 2. The molecule has 4 N–H and O–H groups in total. The molecule has 0 aliphatic heterocycles. The van der Waals surface area contributed by atoms with Crippen molar-refractivity contribution in [3.63, 3.8) is 0 Å². The number of hydrogen-bond donors (Lipinski definition) is 2. The lowest BCUT2D eigenvalue weighted by Gasteiger charge is -2.19. The van der Waals surface area contributed by atoms with E-state index in [9.17, 15) is 9.59 Å². The van der Waals surface area contributed by atoms with Crippen LogP contribution in [-0.4, -0.2) is 11.8 Å². The van der Waals surface area contributed by atoms with E-state index in [0.29, 0.717) is 29.5 Å². The molecule has 1 aliphatic carbocycles. The molecule has 4 nitrogen and oxygen atoms in total. The van der Waals surface area contributed by atoms with E-state index < -0.39 is 11.8 Å². The molecule has 0 radical (unpaired) electrons. The summed E-state index contributed by atoms with van der Waals surface area (Å²) in [6.45, 7) is 0. The van der Waals surface area contributed by atoms with Crippen molar-refractivity contribution in [2.45, 2.75) is 12.8 Å². The first-order chi connectivity index (χ1) is 9.56. The van der Waals surface area contributed by atoms with E-state index in [4.69, 9.17) is 11.5 Å². The number of carbonyl (C=O) groups excluding carboxylic acids is 2. The highest BCUT2D eigenvalue weighted by Gasteiger charge is 2.22. The number of nitrogens with two attached hydrogens (primary N) is 2. The minimum absolute atomic E-state index is 0.370. The average Bonchev–Trinajstić information content (AvgIpc) is 2.37. The third kappa shape index (κ3) is 1.95. The lowest BCUT2D eigenvalue weighted by Crippen LogP contribution is -2.23. The third-order valence-electron chi connectivity index (χ3n) is 3.68. The normalized spacial score (nSPS) is 12.4. The van der Waals surface area contributed by atoms with Gasteiger partial charge in [0.1, 0.15) is 0 Å². The highest BCUT2D eigenvalue weighted by Crippen LogP contribution is 2.27. The Morgan fingerprint density at radius 2 is 1.60 bits per heavy atom. The number of primary amides is 2. The van der Waals surface area contributed by atoms with Crippen molar-refractivity contribution in [2.24, 2.45) is 11.5 Å². The van der Waals surface area contributed by atoms with Crippen LogP contribution in [0.2, 0.25) is 0 Å². The Bertz CT molecular complexity index is 735. The molecule has 0 aromatic heterocycles. The molecule has 100 valence electrons. The molecule has 2 amide bonds. The second-order valence-corrected chi connectivity index (χ2v) is 5.03. The van der Waals surface area contributed by atoms with Gasteiger partial charge in [0.15, 0.2) is 0 Å². The lowest BCUT2D eigenvalue weighted by atomic mass is 9.85. The summed E-state index contributed by atoms with van der Waals surface area (Å²) in [4.78, 5) is 23.4. The Morgan fingerprint density at radius 3 is 2.25 bits per heavy atom. The summed E-state index contributed by atoms with van der Waals surface area (Å²) in [7, 11) is 0. The van der Waals surface area contributed by atoms with E-state index in [-0.39, 0.29) is 0 Å². The summed E-state index contributed by atoms with van der Waals surface area (Å²) in [5, 5.41) is 0. The lowest BCUT2D eigenvalue weighted by molar-refractivity contribution is 0.0998. The molecule has 20 heavy (non-hydrogen) atoms. The van der Waals surface area contributed by atoms with Crippen LogP contribution in [-0.2, 0) is 12.8 Å². The first kappa shape index (κ1) is 12.4. The van der Waals surface area contributed by atoms with Gasteiger partial charge in [-0.3, -0.25) is 9.59 Å². The molecule has 0 atom stereocenters. The van der Waals surface area contributed by atoms with Crippen LogP contribution < -0.4 is 11.5 Å². The standard InChI is InChI=1S/C16H14N2O2/c17-15(19)12-5-4-11-7-9-2-1-3-10(6-9)8-13(12)14(11)16(18)20/h1-6H,7-8H2,(H2,17,19)(H2,18,20). The SMILES string of the molecule is NC(=O)c1ccc2c(C(N)=O)c1Cc1cccc(c1)C2. The van der Waals surface area contributed by atoms with Crippen molar-refractivity contribution in [3.8, 4) is 0 Å². The van der Waals surface area contributed by atoms with Crippen LogP contribution in [0.1, 0.15) is 43.0 Å². The quantitative estimate of drug-likeness (QED) is 0.734. The fraction of sp³-hybridized carbons (Fsp3) is 0.125. The molecule has 3 rings (SSSR count). The van der Waals surface area contributed by atoms with Crippen LogP contribution in [0.3, 0.4) is 0 Å². The van der Waals surface area contributed by atoms with Crippen LogP contribution in [0.5, 0.6) is 0 Å². The number of rotatable bonds is 2. The van der Waals surface area contributed by atoms with Gasteiger partial charge in [-0.15, -0.1) is 0 Å². The van der Waals surface area contributed by atoms with Crippen LogP contribution >= 0.6 is 0 Å². The highest BCUT2D eigenvalue weighted by molar-refractivity contribution is 6.02. The van der Waals surface area contributed by atoms with Gasteiger partial charge in [0.05, 0.1) is 0 Å². The summed E-state index contributed by atoms with van der Waals surface area (Å²) in [5.74, 6) is -1.05. The van der Waals surface area contributed by atoms with Crippen molar-refractivity contribution >= 4 is 11.8 Å². The van der Waals surface area contributed by atoms with Gasteiger partial charge in [0.25, 0.3) is 0 Å². The van der Waals surface area contributed by atoms with E-state index in [1.54, 1.807) is 12.1 Å². The smallest absolute Gasteiger partial charge is 0.249 e. The van der Waals surface area contributed by atoms with E-state index >= 15 is 0 Å². The monoisotopic (exact) mass is 266 g/mol. The number of benzene rings is 2. The Labute approximate surface area is 116 Å². The van der Waals surface area contributed by atoms with Crippen molar-refractivity contribution < 1.29 is 9.59 Å². The molecule has 0 heterocycles. The zero-order valence-corrected chi connectivity index (χ0v) is 10.8. The van der Waals surface area contributed by atoms with Gasteiger partial charge in [-0.1, -0.05) is 30.3 Å². The molecule has 0 spiro atoms. The van der Waals surface area contributed by atoms with Crippen molar-refractivity contribution in [1.29, 1.82) is 0 Å². The maximum absolute atomic E-state index is 11.8. The van der Waals surface area contributed by atoms with E-state index in [1.165, 1.54) is 0 Å². The van der Waals surface area contributed by atoms with Gasteiger partial charge < -0.3 is 11.5 Å². The molecular weight excluding hydrogens is 252 g/mol. The Balaban J connectivity index is 2.31. The van der Waals surface area contributed by atoms with Crippen molar-refractivity contribution in [3.05, 3.63) is 69.8 Å². The second-order valence-electron chi connectivity index (χ2n) is 5.03. The summed E-state index contributed by atoms with van der Waals surface area (Å²) in [5.41, 5.74) is 15.4. The first-order valence-corrected chi connectivity index (χ1v) is 6.38. The second kappa shape index (κ2) is 4.49. The fourth-order valence-corrected chi connectivity index (χ4v) is 2.84. The maximum atomic E-state index is 11.8. The van der Waals surface area contributed by atoms with Crippen molar-refractivity contribution in [2.75, 3.05) is 0 Å². The number of hydrogen-bond acceptors (Lipinski definition) is 2. The van der Waals surface area contributed by atoms with Crippen LogP contribution in [0, 0.1) is 0 Å². The largest absolute Gasteiger partial charge is 0.366 e. The van der Waals surface area contributed by atoms with Gasteiger partial charge in [-0.2, -0.15) is 0 Å².